The van der Waals surface area contributed by atoms with Gasteiger partial charge in [0.15, 0.2) is 0 Å². The molecule has 0 aliphatic heterocycles. The number of amides is 2. The monoisotopic (exact) mass is 405 g/mol. The van der Waals surface area contributed by atoms with E-state index >= 15 is 0 Å². The van der Waals surface area contributed by atoms with E-state index in [2.05, 4.69) is 10.6 Å². The predicted molar refractivity (Wildman–Crippen MR) is 104 cm³/mol. The number of carbonyl (C=O) groups excluding carboxylic acids is 2. The lowest BCUT2D eigenvalue weighted by Crippen LogP contribution is -2.32. The van der Waals surface area contributed by atoms with E-state index in [9.17, 15) is 18.0 Å². The molecule has 0 aromatic heterocycles. The van der Waals surface area contributed by atoms with Crippen LogP contribution in [0.4, 0.5) is 0 Å². The molecule has 2 aromatic carbocycles. The molecule has 28 heavy (non-hydrogen) atoms. The average molecular weight is 405 g/mol. The van der Waals surface area contributed by atoms with Gasteiger partial charge in [-0.25, -0.2) is 13.6 Å². The van der Waals surface area contributed by atoms with Crippen LogP contribution in [0.15, 0.2) is 53.4 Å². The van der Waals surface area contributed by atoms with E-state index in [1.807, 2.05) is 0 Å². The fourth-order valence-corrected chi connectivity index (χ4v) is 3.10. The minimum Gasteiger partial charge on any atom is -0.497 e. The summed E-state index contributed by atoms with van der Waals surface area (Å²) in [5, 5.41) is 10.6. The smallest absolute Gasteiger partial charge is 0.238 e. The molecule has 0 aliphatic carbocycles. The second-order valence-corrected chi connectivity index (χ2v) is 7.76. The number of hydrogen-bond donors (Lipinski definition) is 3. The molecule has 0 spiro atoms. The van der Waals surface area contributed by atoms with Crippen molar-refractivity contribution in [1.29, 1.82) is 0 Å². The number of sulfonamides is 1. The van der Waals surface area contributed by atoms with Crippen LogP contribution in [0.3, 0.4) is 0 Å². The molecule has 0 unspecified atom stereocenters. The van der Waals surface area contributed by atoms with Crippen molar-refractivity contribution in [2.24, 2.45) is 5.14 Å². The Labute approximate surface area is 164 Å². The molecule has 2 rings (SSSR count). The van der Waals surface area contributed by atoms with E-state index in [-0.39, 0.29) is 29.7 Å². The topological polar surface area (TPSA) is 128 Å². The third kappa shape index (κ3) is 6.36. The number of primary sulfonamides is 1. The summed E-state index contributed by atoms with van der Waals surface area (Å²) in [6, 6.07) is 12.5. The van der Waals surface area contributed by atoms with Crippen molar-refractivity contribution in [1.82, 2.24) is 10.6 Å². The Hall–Kier alpha value is -2.91. The van der Waals surface area contributed by atoms with Gasteiger partial charge in [0.25, 0.3) is 0 Å². The Morgan fingerprint density at radius 3 is 2.18 bits per heavy atom. The summed E-state index contributed by atoms with van der Waals surface area (Å²) in [6.07, 6.45) is 0.0567. The molecule has 2 aromatic rings. The maximum absolute atomic E-state index is 12.3. The van der Waals surface area contributed by atoms with E-state index in [0.29, 0.717) is 5.75 Å². The van der Waals surface area contributed by atoms with Gasteiger partial charge in [0, 0.05) is 13.5 Å². The molecule has 8 nitrogen and oxygen atoms in total. The van der Waals surface area contributed by atoms with Crippen LogP contribution >= 0.6 is 0 Å². The van der Waals surface area contributed by atoms with Gasteiger partial charge < -0.3 is 15.4 Å². The van der Waals surface area contributed by atoms with Gasteiger partial charge in [-0.1, -0.05) is 24.3 Å². The normalized spacial score (nSPS) is 12.1. The van der Waals surface area contributed by atoms with Crippen molar-refractivity contribution in [3.8, 4) is 5.75 Å². The lowest BCUT2D eigenvalue weighted by molar-refractivity contribution is -0.122. The molecule has 0 radical (unpaired) electrons. The Bertz CT molecular complexity index is 925. The molecule has 9 heteroatoms. The molecule has 2 amide bonds. The van der Waals surface area contributed by atoms with Crippen LogP contribution in [0.2, 0.25) is 0 Å². The number of rotatable bonds is 8. The van der Waals surface area contributed by atoms with E-state index < -0.39 is 16.1 Å². The zero-order valence-corrected chi connectivity index (χ0v) is 16.5. The highest BCUT2D eigenvalue weighted by molar-refractivity contribution is 7.89. The summed E-state index contributed by atoms with van der Waals surface area (Å²) in [5.41, 5.74) is 1.50. The van der Waals surface area contributed by atoms with Crippen molar-refractivity contribution < 1.29 is 22.7 Å². The van der Waals surface area contributed by atoms with Crippen LogP contribution in [0, 0.1) is 0 Å². The van der Waals surface area contributed by atoms with Gasteiger partial charge in [-0.3, -0.25) is 9.59 Å². The second kappa shape index (κ2) is 9.34. The van der Waals surface area contributed by atoms with E-state index in [0.717, 1.165) is 11.1 Å². The minimum absolute atomic E-state index is 0.00723. The Morgan fingerprint density at radius 1 is 1.07 bits per heavy atom. The molecular weight excluding hydrogens is 382 g/mol. The summed E-state index contributed by atoms with van der Waals surface area (Å²) < 4.78 is 27.6. The number of benzene rings is 2. The largest absolute Gasteiger partial charge is 0.497 e. The Kier molecular flexibility index (Phi) is 7.13. The van der Waals surface area contributed by atoms with Crippen molar-refractivity contribution >= 4 is 21.8 Å². The Balaban J connectivity index is 1.99. The van der Waals surface area contributed by atoms with Gasteiger partial charge in [-0.05, 0) is 35.4 Å². The molecule has 0 saturated heterocycles. The second-order valence-electron chi connectivity index (χ2n) is 6.20. The van der Waals surface area contributed by atoms with Gasteiger partial charge in [-0.2, -0.15) is 0 Å². The molecule has 0 fully saturated rings. The summed E-state index contributed by atoms with van der Waals surface area (Å²) in [4.78, 5) is 23.8. The molecular formula is C19H23N3O5S. The molecule has 0 bridgehead atoms. The number of ether oxygens (including phenoxy) is 1. The van der Waals surface area contributed by atoms with Crippen LogP contribution in [-0.2, 0) is 26.2 Å². The summed E-state index contributed by atoms with van der Waals surface area (Å²) in [7, 11) is -2.19. The zero-order chi connectivity index (χ0) is 20.7. The first-order valence-electron chi connectivity index (χ1n) is 8.48. The third-order valence-electron chi connectivity index (χ3n) is 4.03. The van der Waals surface area contributed by atoms with E-state index in [4.69, 9.17) is 9.88 Å². The van der Waals surface area contributed by atoms with Crippen LogP contribution in [0.5, 0.6) is 5.75 Å². The van der Waals surface area contributed by atoms with Crippen LogP contribution in [-0.4, -0.2) is 27.3 Å². The van der Waals surface area contributed by atoms with Crippen molar-refractivity contribution in [2.75, 3.05) is 7.11 Å². The van der Waals surface area contributed by atoms with Gasteiger partial charge in [-0.15, -0.1) is 0 Å². The van der Waals surface area contributed by atoms with E-state index in [1.54, 1.807) is 43.5 Å². The fraction of sp³-hybridized carbons (Fsp3) is 0.263. The summed E-state index contributed by atoms with van der Waals surface area (Å²) >= 11 is 0. The number of carbonyl (C=O) groups is 2. The van der Waals surface area contributed by atoms with E-state index in [1.165, 1.54) is 19.1 Å². The van der Waals surface area contributed by atoms with Gasteiger partial charge in [0.1, 0.15) is 5.75 Å². The molecule has 1 atom stereocenters. The lowest BCUT2D eigenvalue weighted by Gasteiger charge is -2.18. The van der Waals surface area contributed by atoms with Gasteiger partial charge in [0.05, 0.1) is 24.5 Å². The van der Waals surface area contributed by atoms with Crippen molar-refractivity contribution in [3.63, 3.8) is 0 Å². The van der Waals surface area contributed by atoms with Crippen LogP contribution in [0.1, 0.15) is 30.5 Å². The maximum Gasteiger partial charge on any atom is 0.238 e. The van der Waals surface area contributed by atoms with Gasteiger partial charge >= 0.3 is 0 Å². The zero-order valence-electron chi connectivity index (χ0n) is 15.6. The minimum atomic E-state index is -3.75. The molecule has 150 valence electrons. The summed E-state index contributed by atoms with van der Waals surface area (Å²) in [6.45, 7) is 1.61. The number of nitrogens with one attached hydrogen (secondary N) is 2. The highest BCUT2D eigenvalue weighted by atomic mass is 32.2. The third-order valence-corrected chi connectivity index (χ3v) is 4.96. The summed E-state index contributed by atoms with van der Waals surface area (Å²) in [5.74, 6) is 0.176. The highest BCUT2D eigenvalue weighted by Crippen LogP contribution is 2.20. The quantitative estimate of drug-likeness (QED) is 0.609. The standard InChI is InChI=1S/C19H23N3O5S/c1-13(23)22-18(15-5-7-16(27-2)8-6-15)11-19(24)21-12-14-3-9-17(10-4-14)28(20,25)26/h3-10,18H,11-12H2,1-2H3,(H,21,24)(H,22,23)(H2,20,25,26)/t18-/m0/s1. The SMILES string of the molecule is COc1ccc([C@H](CC(=O)NCc2ccc(S(N)(=O)=O)cc2)NC(C)=O)cc1. The maximum atomic E-state index is 12.3. The van der Waals surface area contributed by atoms with Gasteiger partial charge in [0.2, 0.25) is 21.8 Å². The molecule has 0 saturated carbocycles. The van der Waals surface area contributed by atoms with Crippen LogP contribution in [0.25, 0.3) is 0 Å². The highest BCUT2D eigenvalue weighted by Gasteiger charge is 2.17. The van der Waals surface area contributed by atoms with Crippen molar-refractivity contribution in [3.05, 3.63) is 59.7 Å². The number of nitrogens with two attached hydrogens (primary N) is 1. The Morgan fingerprint density at radius 2 is 1.68 bits per heavy atom. The lowest BCUT2D eigenvalue weighted by atomic mass is 10.0. The first-order valence-corrected chi connectivity index (χ1v) is 10.0. The molecule has 0 aliphatic rings. The number of hydrogen-bond acceptors (Lipinski definition) is 5. The average Bonchev–Trinajstić information content (AvgIpc) is 2.65. The molecule has 0 heterocycles. The van der Waals surface area contributed by atoms with Crippen molar-refractivity contribution in [2.45, 2.75) is 30.8 Å². The van der Waals surface area contributed by atoms with Crippen LogP contribution < -0.4 is 20.5 Å². The fourth-order valence-electron chi connectivity index (χ4n) is 2.59. The number of methoxy groups -OCH3 is 1. The first-order chi connectivity index (χ1) is 13.2. The predicted octanol–water partition coefficient (Wildman–Crippen LogP) is 1.23. The molecule has 4 N–H and O–H groups in total. The first kappa shape index (κ1) is 21.4.